The van der Waals surface area contributed by atoms with Gasteiger partial charge < -0.3 is 10.6 Å². The maximum Gasteiger partial charge on any atom is 0.287 e. The normalized spacial score (nSPS) is 24.3. The van der Waals surface area contributed by atoms with Crippen molar-refractivity contribution in [3.63, 3.8) is 0 Å². The Balaban J connectivity index is 2.27. The van der Waals surface area contributed by atoms with Gasteiger partial charge in [-0.25, -0.2) is 4.68 Å². The van der Waals surface area contributed by atoms with Crippen LogP contribution < -0.4 is 16.2 Å². The minimum Gasteiger partial charge on any atom is -0.369 e. The largest absolute Gasteiger partial charge is 0.369 e. The predicted molar refractivity (Wildman–Crippen MR) is 73.0 cm³/mol. The first-order chi connectivity index (χ1) is 8.54. The molecule has 1 aromatic heterocycles. The molecule has 2 rings (SSSR count). The minimum absolute atomic E-state index is 0.248. The van der Waals surface area contributed by atoms with Crippen molar-refractivity contribution < 1.29 is 0 Å². The van der Waals surface area contributed by atoms with Crippen molar-refractivity contribution in [3.05, 3.63) is 21.6 Å². The summed E-state index contributed by atoms with van der Waals surface area (Å²) in [6.07, 6.45) is 2.72. The Morgan fingerprint density at radius 2 is 2.33 bits per heavy atom. The SMILES string of the molecule is CC1CCN(c2cnn(C)c(=O)c2Cl)CC1CN. The molecule has 1 fully saturated rings. The van der Waals surface area contributed by atoms with Crippen LogP contribution in [0.1, 0.15) is 13.3 Å². The summed E-state index contributed by atoms with van der Waals surface area (Å²) in [6.45, 7) is 4.62. The molecule has 100 valence electrons. The number of aromatic nitrogens is 2. The van der Waals surface area contributed by atoms with Crippen LogP contribution in [-0.4, -0.2) is 29.4 Å². The van der Waals surface area contributed by atoms with Gasteiger partial charge in [-0.15, -0.1) is 0 Å². The Bertz CT molecular complexity index is 487. The average molecular weight is 271 g/mol. The van der Waals surface area contributed by atoms with E-state index in [4.69, 9.17) is 17.3 Å². The molecular weight excluding hydrogens is 252 g/mol. The lowest BCUT2D eigenvalue weighted by Gasteiger charge is -2.38. The Morgan fingerprint density at radius 3 is 3.00 bits per heavy atom. The molecule has 0 spiro atoms. The second kappa shape index (κ2) is 5.28. The molecule has 6 heteroatoms. The lowest BCUT2D eigenvalue weighted by atomic mass is 9.87. The molecule has 0 saturated carbocycles. The fraction of sp³-hybridized carbons (Fsp3) is 0.667. The van der Waals surface area contributed by atoms with Crippen LogP contribution in [0.2, 0.25) is 5.02 Å². The third-order valence-corrected chi connectivity index (χ3v) is 4.17. The summed E-state index contributed by atoms with van der Waals surface area (Å²) < 4.78 is 1.25. The van der Waals surface area contributed by atoms with Crippen LogP contribution in [0.4, 0.5) is 5.69 Å². The maximum atomic E-state index is 11.8. The van der Waals surface area contributed by atoms with Gasteiger partial charge in [-0.1, -0.05) is 18.5 Å². The molecular formula is C12H19ClN4O. The first-order valence-corrected chi connectivity index (χ1v) is 6.59. The van der Waals surface area contributed by atoms with E-state index in [1.54, 1.807) is 13.2 Å². The quantitative estimate of drug-likeness (QED) is 0.866. The summed E-state index contributed by atoms with van der Waals surface area (Å²) in [5, 5.41) is 4.28. The zero-order valence-corrected chi connectivity index (χ0v) is 11.5. The number of nitrogens with two attached hydrogens (primary N) is 1. The number of nitrogens with zero attached hydrogens (tertiary/aromatic N) is 3. The molecule has 1 saturated heterocycles. The van der Waals surface area contributed by atoms with E-state index in [2.05, 4.69) is 16.9 Å². The Kier molecular flexibility index (Phi) is 3.92. The van der Waals surface area contributed by atoms with Gasteiger partial charge in [0.25, 0.3) is 5.56 Å². The highest BCUT2D eigenvalue weighted by atomic mass is 35.5. The lowest BCUT2D eigenvalue weighted by molar-refractivity contribution is 0.307. The van der Waals surface area contributed by atoms with Gasteiger partial charge in [0.1, 0.15) is 5.02 Å². The molecule has 0 amide bonds. The summed E-state index contributed by atoms with van der Waals surface area (Å²) in [7, 11) is 1.60. The van der Waals surface area contributed by atoms with E-state index >= 15 is 0 Å². The van der Waals surface area contributed by atoms with Crippen molar-refractivity contribution in [1.29, 1.82) is 0 Å². The predicted octanol–water partition coefficient (Wildman–Crippen LogP) is 0.855. The topological polar surface area (TPSA) is 64.2 Å². The Morgan fingerprint density at radius 1 is 1.61 bits per heavy atom. The van der Waals surface area contributed by atoms with Crippen molar-refractivity contribution in [1.82, 2.24) is 9.78 Å². The molecule has 0 bridgehead atoms. The lowest BCUT2D eigenvalue weighted by Crippen LogP contribution is -2.43. The number of hydrogen-bond acceptors (Lipinski definition) is 4. The maximum absolute atomic E-state index is 11.8. The smallest absolute Gasteiger partial charge is 0.287 e. The average Bonchev–Trinajstić information content (AvgIpc) is 2.37. The van der Waals surface area contributed by atoms with Gasteiger partial charge in [0.2, 0.25) is 0 Å². The molecule has 2 unspecified atom stereocenters. The van der Waals surface area contributed by atoms with Crippen LogP contribution in [0.5, 0.6) is 0 Å². The number of aryl methyl sites for hydroxylation is 1. The molecule has 0 aromatic carbocycles. The van der Waals surface area contributed by atoms with E-state index in [9.17, 15) is 4.79 Å². The Labute approximate surface area is 112 Å². The standard InChI is InChI=1S/C12H19ClN4O/c1-8-3-4-17(7-9(8)5-14)10-6-15-16(2)12(18)11(10)13/h6,8-9H,3-5,7,14H2,1-2H3. The second-order valence-corrected chi connectivity index (χ2v) is 5.36. The van der Waals surface area contributed by atoms with Crippen molar-refractivity contribution in [3.8, 4) is 0 Å². The van der Waals surface area contributed by atoms with Crippen LogP contribution in [-0.2, 0) is 7.05 Å². The van der Waals surface area contributed by atoms with Gasteiger partial charge in [-0.2, -0.15) is 5.10 Å². The Hall–Kier alpha value is -1.07. The van der Waals surface area contributed by atoms with E-state index in [-0.39, 0.29) is 10.6 Å². The highest BCUT2D eigenvalue weighted by Crippen LogP contribution is 2.29. The summed E-state index contributed by atoms with van der Waals surface area (Å²) in [5.74, 6) is 1.06. The van der Waals surface area contributed by atoms with Crippen molar-refractivity contribution >= 4 is 17.3 Å². The monoisotopic (exact) mass is 270 g/mol. The van der Waals surface area contributed by atoms with Crippen LogP contribution in [0, 0.1) is 11.8 Å². The van der Waals surface area contributed by atoms with E-state index < -0.39 is 0 Å². The van der Waals surface area contributed by atoms with Gasteiger partial charge in [-0.3, -0.25) is 4.79 Å². The van der Waals surface area contributed by atoms with Crippen LogP contribution in [0.15, 0.2) is 11.0 Å². The van der Waals surface area contributed by atoms with Crippen molar-refractivity contribution in [2.24, 2.45) is 24.6 Å². The first kappa shape index (κ1) is 13.4. The van der Waals surface area contributed by atoms with Crippen molar-refractivity contribution in [2.45, 2.75) is 13.3 Å². The summed E-state index contributed by atoms with van der Waals surface area (Å²) in [4.78, 5) is 13.9. The van der Waals surface area contributed by atoms with Crippen LogP contribution in [0.3, 0.4) is 0 Å². The molecule has 0 radical (unpaired) electrons. The molecule has 2 heterocycles. The number of piperidine rings is 1. The third kappa shape index (κ3) is 2.37. The molecule has 5 nitrogen and oxygen atoms in total. The third-order valence-electron chi connectivity index (χ3n) is 3.82. The summed E-state index contributed by atoms with van der Waals surface area (Å²) >= 11 is 6.11. The first-order valence-electron chi connectivity index (χ1n) is 6.21. The summed E-state index contributed by atoms with van der Waals surface area (Å²) in [6, 6.07) is 0. The fourth-order valence-corrected chi connectivity index (χ4v) is 2.69. The molecule has 2 N–H and O–H groups in total. The highest BCUT2D eigenvalue weighted by molar-refractivity contribution is 6.33. The zero-order chi connectivity index (χ0) is 13.3. The number of hydrogen-bond donors (Lipinski definition) is 1. The molecule has 18 heavy (non-hydrogen) atoms. The molecule has 1 aliphatic heterocycles. The number of anilines is 1. The minimum atomic E-state index is -0.253. The van der Waals surface area contributed by atoms with Gasteiger partial charge >= 0.3 is 0 Å². The van der Waals surface area contributed by atoms with Crippen LogP contribution in [0.25, 0.3) is 0 Å². The molecule has 1 aliphatic rings. The van der Waals surface area contributed by atoms with E-state index in [1.165, 1.54) is 4.68 Å². The van der Waals surface area contributed by atoms with Gasteiger partial charge in [0.15, 0.2) is 0 Å². The van der Waals surface area contributed by atoms with Gasteiger partial charge in [0.05, 0.1) is 11.9 Å². The second-order valence-electron chi connectivity index (χ2n) is 4.98. The number of rotatable bonds is 2. The zero-order valence-electron chi connectivity index (χ0n) is 10.8. The number of halogens is 1. The van der Waals surface area contributed by atoms with E-state index in [1.807, 2.05) is 0 Å². The van der Waals surface area contributed by atoms with Crippen LogP contribution >= 0.6 is 11.6 Å². The fourth-order valence-electron chi connectivity index (χ4n) is 2.40. The van der Waals surface area contributed by atoms with Crippen molar-refractivity contribution in [2.75, 3.05) is 24.5 Å². The highest BCUT2D eigenvalue weighted by Gasteiger charge is 2.27. The summed E-state index contributed by atoms with van der Waals surface area (Å²) in [5.41, 5.74) is 6.26. The molecule has 0 aliphatic carbocycles. The van der Waals surface area contributed by atoms with Gasteiger partial charge in [0, 0.05) is 20.1 Å². The molecule has 2 atom stereocenters. The van der Waals surface area contributed by atoms with E-state index in [0.717, 1.165) is 25.2 Å². The van der Waals surface area contributed by atoms with Gasteiger partial charge in [-0.05, 0) is 24.8 Å². The molecule has 1 aromatic rings. The van der Waals surface area contributed by atoms with E-state index in [0.29, 0.717) is 18.4 Å².